The molecule has 8 heteroatoms. The van der Waals surface area contributed by atoms with E-state index in [0.29, 0.717) is 11.5 Å². The summed E-state index contributed by atoms with van der Waals surface area (Å²) in [6.45, 7) is -0.268. The van der Waals surface area contributed by atoms with Gasteiger partial charge in [0.25, 0.3) is 0 Å². The van der Waals surface area contributed by atoms with Crippen molar-refractivity contribution in [3.05, 3.63) is 18.2 Å². The van der Waals surface area contributed by atoms with Crippen molar-refractivity contribution in [2.45, 2.75) is 31.7 Å². The van der Waals surface area contributed by atoms with Gasteiger partial charge in [-0.3, -0.25) is 9.10 Å². The number of carbonyl (C=O) groups excluding carboxylic acids is 1. The van der Waals surface area contributed by atoms with Crippen molar-refractivity contribution < 1.29 is 22.7 Å². The summed E-state index contributed by atoms with van der Waals surface area (Å²) in [5.41, 5.74) is 0.289. The van der Waals surface area contributed by atoms with Crippen molar-refractivity contribution in [1.29, 1.82) is 0 Å². The third kappa shape index (κ3) is 4.56. The van der Waals surface area contributed by atoms with Gasteiger partial charge in [0, 0.05) is 19.2 Å². The topological polar surface area (TPSA) is 76.2 Å². The molecule has 1 aliphatic rings. The Morgan fingerprint density at radius 2 is 1.84 bits per heavy atom. The monoisotopic (exact) mass is 370 g/mol. The molecular formula is C17H26N2O5S. The largest absolute Gasteiger partial charge is 0.497 e. The van der Waals surface area contributed by atoms with E-state index in [-0.39, 0.29) is 24.2 Å². The van der Waals surface area contributed by atoms with Crippen LogP contribution in [-0.2, 0) is 14.8 Å². The van der Waals surface area contributed by atoms with Gasteiger partial charge < -0.3 is 14.4 Å². The summed E-state index contributed by atoms with van der Waals surface area (Å²) >= 11 is 0. The van der Waals surface area contributed by atoms with Gasteiger partial charge in [-0.2, -0.15) is 0 Å². The molecule has 0 atom stereocenters. The number of hydrogen-bond acceptors (Lipinski definition) is 5. The van der Waals surface area contributed by atoms with Crippen LogP contribution in [0.5, 0.6) is 11.5 Å². The molecule has 0 unspecified atom stereocenters. The molecule has 0 radical (unpaired) electrons. The summed E-state index contributed by atoms with van der Waals surface area (Å²) in [4.78, 5) is 14.3. The number of hydrogen-bond donors (Lipinski definition) is 0. The maximum atomic E-state index is 12.7. The number of likely N-dealkylation sites (N-methyl/N-ethyl adjacent to an activating group) is 1. The number of benzene rings is 1. The fraction of sp³-hybridized carbons (Fsp3) is 0.588. The standard InChI is InChI=1S/C17H26N2O5S/c1-18(13-7-5-6-8-13)17(20)12-19(25(4,21)22)15-11-14(23-2)9-10-16(15)24-3/h9-11,13H,5-8,12H2,1-4H3. The molecule has 1 aromatic carbocycles. The van der Waals surface area contributed by atoms with Crippen LogP contribution in [0.4, 0.5) is 5.69 Å². The van der Waals surface area contributed by atoms with E-state index in [4.69, 9.17) is 9.47 Å². The van der Waals surface area contributed by atoms with Gasteiger partial charge in [0.1, 0.15) is 18.0 Å². The molecule has 25 heavy (non-hydrogen) atoms. The first-order chi connectivity index (χ1) is 11.8. The summed E-state index contributed by atoms with van der Waals surface area (Å²) in [7, 11) is 1.01. The second-order valence-corrected chi connectivity index (χ2v) is 8.16. The predicted octanol–water partition coefficient (Wildman–Crippen LogP) is 1.87. The highest BCUT2D eigenvalue weighted by Crippen LogP contribution is 2.34. The lowest BCUT2D eigenvalue weighted by Gasteiger charge is -2.29. The molecule has 0 saturated heterocycles. The number of nitrogens with zero attached hydrogens (tertiary/aromatic N) is 2. The second-order valence-electron chi connectivity index (χ2n) is 6.25. The Hall–Kier alpha value is -1.96. The first-order valence-electron chi connectivity index (χ1n) is 8.23. The van der Waals surface area contributed by atoms with Crippen LogP contribution in [0.25, 0.3) is 0 Å². The number of sulfonamides is 1. The maximum absolute atomic E-state index is 12.7. The number of ether oxygens (including phenoxy) is 2. The van der Waals surface area contributed by atoms with Crippen LogP contribution in [0, 0.1) is 0 Å². The molecule has 0 aromatic heterocycles. The first-order valence-corrected chi connectivity index (χ1v) is 10.1. The van der Waals surface area contributed by atoms with Crippen molar-refractivity contribution in [2.75, 3.05) is 38.4 Å². The summed E-state index contributed by atoms with van der Waals surface area (Å²) in [6, 6.07) is 5.04. The summed E-state index contributed by atoms with van der Waals surface area (Å²) in [5, 5.41) is 0. The Morgan fingerprint density at radius 3 is 2.36 bits per heavy atom. The fourth-order valence-corrected chi connectivity index (χ4v) is 3.95. The number of carbonyl (C=O) groups is 1. The second kappa shape index (κ2) is 7.95. The van der Waals surface area contributed by atoms with Crippen LogP contribution in [-0.4, -0.2) is 59.3 Å². The van der Waals surface area contributed by atoms with Gasteiger partial charge in [0.2, 0.25) is 15.9 Å². The molecular weight excluding hydrogens is 344 g/mol. The zero-order valence-electron chi connectivity index (χ0n) is 15.2. The fourth-order valence-electron chi connectivity index (χ4n) is 3.10. The first kappa shape index (κ1) is 19.4. The molecule has 2 rings (SSSR count). The molecule has 0 spiro atoms. The zero-order chi connectivity index (χ0) is 18.6. The lowest BCUT2D eigenvalue weighted by Crippen LogP contribution is -2.44. The average molecular weight is 370 g/mol. The van der Waals surface area contributed by atoms with Gasteiger partial charge in [-0.05, 0) is 25.0 Å². The molecule has 0 bridgehead atoms. The molecule has 1 amide bonds. The van der Waals surface area contributed by atoms with Gasteiger partial charge in [-0.1, -0.05) is 12.8 Å². The Kier molecular flexibility index (Phi) is 6.16. The summed E-state index contributed by atoms with van der Waals surface area (Å²) < 4.78 is 36.2. The predicted molar refractivity (Wildman–Crippen MR) is 96.8 cm³/mol. The molecule has 1 fully saturated rings. The Morgan fingerprint density at radius 1 is 1.20 bits per heavy atom. The molecule has 0 heterocycles. The van der Waals surface area contributed by atoms with Crippen molar-refractivity contribution in [1.82, 2.24) is 4.90 Å². The van der Waals surface area contributed by atoms with Crippen LogP contribution < -0.4 is 13.8 Å². The Bertz CT molecular complexity index is 714. The molecule has 0 N–H and O–H groups in total. The normalized spacial score (nSPS) is 15.0. The minimum atomic E-state index is -3.68. The summed E-state index contributed by atoms with van der Waals surface area (Å²) in [6.07, 6.45) is 5.20. The number of rotatable bonds is 7. The smallest absolute Gasteiger partial charge is 0.243 e. The Balaban J connectivity index is 2.32. The highest BCUT2D eigenvalue weighted by atomic mass is 32.2. The third-order valence-electron chi connectivity index (χ3n) is 4.60. The van der Waals surface area contributed by atoms with Crippen LogP contribution in [0.2, 0.25) is 0 Å². The van der Waals surface area contributed by atoms with Crippen LogP contribution in [0.3, 0.4) is 0 Å². The van der Waals surface area contributed by atoms with E-state index in [1.165, 1.54) is 14.2 Å². The van der Waals surface area contributed by atoms with Gasteiger partial charge >= 0.3 is 0 Å². The van der Waals surface area contributed by atoms with Gasteiger partial charge in [0.15, 0.2) is 0 Å². The minimum absolute atomic E-state index is 0.182. The highest BCUT2D eigenvalue weighted by Gasteiger charge is 2.29. The lowest BCUT2D eigenvalue weighted by atomic mass is 10.2. The quantitative estimate of drug-likeness (QED) is 0.732. The van der Waals surface area contributed by atoms with Crippen molar-refractivity contribution in [2.24, 2.45) is 0 Å². The molecule has 140 valence electrons. The van der Waals surface area contributed by atoms with E-state index in [0.717, 1.165) is 36.2 Å². The third-order valence-corrected chi connectivity index (χ3v) is 5.73. The van der Waals surface area contributed by atoms with Crippen molar-refractivity contribution >= 4 is 21.6 Å². The van der Waals surface area contributed by atoms with Crippen LogP contribution >= 0.6 is 0 Å². The molecule has 7 nitrogen and oxygen atoms in total. The molecule has 1 saturated carbocycles. The summed E-state index contributed by atoms with van der Waals surface area (Å²) in [5.74, 6) is 0.616. The molecule has 0 aliphatic heterocycles. The van der Waals surface area contributed by atoms with Gasteiger partial charge in [0.05, 0.1) is 26.2 Å². The van der Waals surface area contributed by atoms with E-state index in [1.807, 2.05) is 0 Å². The number of amides is 1. The lowest BCUT2D eigenvalue weighted by molar-refractivity contribution is -0.130. The van der Waals surface area contributed by atoms with Crippen molar-refractivity contribution in [3.8, 4) is 11.5 Å². The van der Waals surface area contributed by atoms with Gasteiger partial charge in [-0.15, -0.1) is 0 Å². The van der Waals surface area contributed by atoms with Gasteiger partial charge in [-0.25, -0.2) is 8.42 Å². The maximum Gasteiger partial charge on any atom is 0.243 e. The number of anilines is 1. The van der Waals surface area contributed by atoms with E-state index in [1.54, 1.807) is 30.1 Å². The SMILES string of the molecule is COc1ccc(OC)c(N(CC(=O)N(C)C2CCCC2)S(C)(=O)=O)c1. The average Bonchev–Trinajstić information content (AvgIpc) is 3.11. The minimum Gasteiger partial charge on any atom is -0.497 e. The van der Waals surface area contributed by atoms with E-state index < -0.39 is 10.0 Å². The highest BCUT2D eigenvalue weighted by molar-refractivity contribution is 7.92. The van der Waals surface area contributed by atoms with E-state index in [9.17, 15) is 13.2 Å². The molecule has 1 aliphatic carbocycles. The molecule has 1 aromatic rings. The Labute approximate surface area is 149 Å². The number of methoxy groups -OCH3 is 2. The van der Waals surface area contributed by atoms with E-state index in [2.05, 4.69) is 0 Å². The zero-order valence-corrected chi connectivity index (χ0v) is 16.0. The van der Waals surface area contributed by atoms with Crippen LogP contribution in [0.15, 0.2) is 18.2 Å². The van der Waals surface area contributed by atoms with Crippen LogP contribution in [0.1, 0.15) is 25.7 Å². The van der Waals surface area contributed by atoms with Crippen molar-refractivity contribution in [3.63, 3.8) is 0 Å². The van der Waals surface area contributed by atoms with E-state index >= 15 is 0 Å².